The second-order valence-corrected chi connectivity index (χ2v) is 8.31. The number of hydrogen-bond acceptors (Lipinski definition) is 5. The van der Waals surface area contributed by atoms with E-state index in [4.69, 9.17) is 0 Å². The van der Waals surface area contributed by atoms with Gasteiger partial charge in [0.15, 0.2) is 0 Å². The lowest BCUT2D eigenvalue weighted by atomic mass is 10.00. The second-order valence-electron chi connectivity index (χ2n) is 7.25. The maximum absolute atomic E-state index is 12.4. The third-order valence-corrected chi connectivity index (χ3v) is 5.94. The Morgan fingerprint density at radius 2 is 1.90 bits per heavy atom. The van der Waals surface area contributed by atoms with Crippen LogP contribution < -0.4 is 5.32 Å². The molecule has 29 heavy (non-hydrogen) atoms. The first-order valence-electron chi connectivity index (χ1n) is 9.80. The van der Waals surface area contributed by atoms with Gasteiger partial charge in [-0.15, -0.1) is 10.2 Å². The number of amides is 1. The van der Waals surface area contributed by atoms with Crippen molar-refractivity contribution in [3.63, 3.8) is 0 Å². The minimum Gasteiger partial charge on any atom is -0.346 e. The topological polar surface area (TPSA) is 58.1 Å². The fourth-order valence-electron chi connectivity index (χ4n) is 3.33. The van der Waals surface area contributed by atoms with Crippen molar-refractivity contribution in [2.45, 2.75) is 26.4 Å². The molecule has 1 aliphatic heterocycles. The van der Waals surface area contributed by atoms with E-state index in [-0.39, 0.29) is 5.91 Å². The zero-order valence-corrected chi connectivity index (χ0v) is 17.3. The molecule has 0 unspecified atom stereocenters. The maximum Gasteiger partial charge on any atom is 0.282 e. The number of nitrogens with zero attached hydrogens (tertiary/aromatic N) is 3. The summed E-state index contributed by atoms with van der Waals surface area (Å²) >= 11 is 1.37. The highest BCUT2D eigenvalue weighted by atomic mass is 32.1. The molecule has 3 aromatic rings. The second kappa shape index (κ2) is 9.11. The SMILES string of the molecule is Cc1ccc(CNC(=O)c2nnc(CN3CC=C(c4ccccc4)CC3)s2)cc1. The molecule has 6 heteroatoms. The molecule has 0 spiro atoms. The van der Waals surface area contributed by atoms with Gasteiger partial charge in [0.1, 0.15) is 5.01 Å². The van der Waals surface area contributed by atoms with Crippen LogP contribution in [0, 0.1) is 6.92 Å². The minimum absolute atomic E-state index is 0.167. The lowest BCUT2D eigenvalue weighted by Gasteiger charge is -2.25. The number of benzene rings is 2. The summed E-state index contributed by atoms with van der Waals surface area (Å²) in [5, 5.41) is 12.5. The van der Waals surface area contributed by atoms with Gasteiger partial charge in [0, 0.05) is 19.6 Å². The van der Waals surface area contributed by atoms with E-state index in [1.54, 1.807) is 0 Å². The molecule has 4 rings (SSSR count). The van der Waals surface area contributed by atoms with Crippen LogP contribution in [0.5, 0.6) is 0 Å². The van der Waals surface area contributed by atoms with Gasteiger partial charge in [-0.2, -0.15) is 0 Å². The molecule has 0 atom stereocenters. The van der Waals surface area contributed by atoms with E-state index in [1.165, 1.54) is 28.0 Å². The summed E-state index contributed by atoms with van der Waals surface area (Å²) in [6.07, 6.45) is 3.31. The smallest absolute Gasteiger partial charge is 0.282 e. The Morgan fingerprint density at radius 1 is 1.10 bits per heavy atom. The summed E-state index contributed by atoms with van der Waals surface area (Å²) in [6, 6.07) is 18.7. The summed E-state index contributed by atoms with van der Waals surface area (Å²) in [5.74, 6) is -0.167. The van der Waals surface area contributed by atoms with E-state index in [9.17, 15) is 4.79 Å². The molecule has 148 valence electrons. The lowest BCUT2D eigenvalue weighted by molar-refractivity contribution is 0.0950. The Balaban J connectivity index is 1.29. The molecular weight excluding hydrogens is 380 g/mol. The quantitative estimate of drug-likeness (QED) is 0.673. The van der Waals surface area contributed by atoms with Crippen LogP contribution in [0.3, 0.4) is 0 Å². The molecule has 0 saturated heterocycles. The standard InChI is InChI=1S/C23H24N4OS/c1-17-7-9-18(10-8-17)15-24-22(28)23-26-25-21(29-23)16-27-13-11-20(12-14-27)19-5-3-2-4-6-19/h2-11H,12-16H2,1H3,(H,24,28). The van der Waals surface area contributed by atoms with Crippen LogP contribution in [0.4, 0.5) is 0 Å². The average Bonchev–Trinajstić information content (AvgIpc) is 3.23. The van der Waals surface area contributed by atoms with Gasteiger partial charge >= 0.3 is 0 Å². The highest BCUT2D eigenvalue weighted by Crippen LogP contribution is 2.23. The number of carbonyl (C=O) groups is 1. The molecule has 0 aliphatic carbocycles. The van der Waals surface area contributed by atoms with Gasteiger partial charge in [-0.05, 0) is 30.0 Å². The maximum atomic E-state index is 12.4. The molecule has 1 N–H and O–H groups in total. The fraction of sp³-hybridized carbons (Fsp3) is 0.261. The van der Waals surface area contributed by atoms with Gasteiger partial charge in [0.05, 0.1) is 6.54 Å². The summed E-state index contributed by atoms with van der Waals surface area (Å²) in [4.78, 5) is 14.7. The zero-order chi connectivity index (χ0) is 20.1. The minimum atomic E-state index is -0.167. The van der Waals surface area contributed by atoms with Crippen molar-refractivity contribution in [3.8, 4) is 0 Å². The Morgan fingerprint density at radius 3 is 2.62 bits per heavy atom. The lowest BCUT2D eigenvalue weighted by Crippen LogP contribution is -2.28. The number of nitrogens with one attached hydrogen (secondary N) is 1. The highest BCUT2D eigenvalue weighted by molar-refractivity contribution is 7.13. The van der Waals surface area contributed by atoms with Crippen LogP contribution in [-0.2, 0) is 13.1 Å². The van der Waals surface area contributed by atoms with Crippen molar-refractivity contribution in [2.24, 2.45) is 0 Å². The van der Waals surface area contributed by atoms with E-state index in [2.05, 4.69) is 50.8 Å². The predicted octanol–water partition coefficient (Wildman–Crippen LogP) is 4.07. The van der Waals surface area contributed by atoms with E-state index in [0.717, 1.165) is 36.6 Å². The Labute approximate surface area is 175 Å². The van der Waals surface area contributed by atoms with Gasteiger partial charge in [-0.25, -0.2) is 0 Å². The molecule has 5 nitrogen and oxygen atoms in total. The Bertz CT molecular complexity index is 995. The van der Waals surface area contributed by atoms with Gasteiger partial charge in [0.2, 0.25) is 5.01 Å². The van der Waals surface area contributed by atoms with E-state index in [0.29, 0.717) is 11.6 Å². The van der Waals surface area contributed by atoms with E-state index >= 15 is 0 Å². The molecule has 0 bridgehead atoms. The Kier molecular flexibility index (Phi) is 6.12. The van der Waals surface area contributed by atoms with Gasteiger partial charge in [-0.1, -0.05) is 77.6 Å². The highest BCUT2D eigenvalue weighted by Gasteiger charge is 2.17. The van der Waals surface area contributed by atoms with Gasteiger partial charge < -0.3 is 5.32 Å². The number of aryl methyl sites for hydroxylation is 1. The zero-order valence-electron chi connectivity index (χ0n) is 16.5. The first-order chi connectivity index (χ1) is 14.2. The van der Waals surface area contributed by atoms with Crippen molar-refractivity contribution in [1.29, 1.82) is 0 Å². The van der Waals surface area contributed by atoms with Crippen LogP contribution in [0.25, 0.3) is 5.57 Å². The summed E-state index contributed by atoms with van der Waals surface area (Å²) in [5.41, 5.74) is 4.98. The first kappa shape index (κ1) is 19.5. The summed E-state index contributed by atoms with van der Waals surface area (Å²) < 4.78 is 0. The van der Waals surface area contributed by atoms with E-state index < -0.39 is 0 Å². The molecule has 1 amide bonds. The van der Waals surface area contributed by atoms with Crippen LogP contribution in [0.15, 0.2) is 60.7 Å². The van der Waals surface area contributed by atoms with E-state index in [1.807, 2.05) is 37.3 Å². The third-order valence-electron chi connectivity index (χ3n) is 5.03. The van der Waals surface area contributed by atoms with Crippen LogP contribution in [0.1, 0.15) is 37.9 Å². The third kappa shape index (κ3) is 5.16. The molecular formula is C23H24N4OS. The normalized spacial score (nSPS) is 14.4. The van der Waals surface area contributed by atoms with Gasteiger partial charge in [0.25, 0.3) is 5.91 Å². The van der Waals surface area contributed by atoms with Crippen molar-refractivity contribution in [3.05, 3.63) is 87.4 Å². The van der Waals surface area contributed by atoms with Crippen LogP contribution in [-0.4, -0.2) is 34.1 Å². The number of carbonyl (C=O) groups excluding carboxylic acids is 1. The molecule has 1 aliphatic rings. The van der Waals surface area contributed by atoms with Crippen molar-refractivity contribution < 1.29 is 4.79 Å². The average molecular weight is 405 g/mol. The van der Waals surface area contributed by atoms with Crippen LogP contribution in [0.2, 0.25) is 0 Å². The molecule has 0 fully saturated rings. The van der Waals surface area contributed by atoms with Crippen LogP contribution >= 0.6 is 11.3 Å². The monoisotopic (exact) mass is 404 g/mol. The molecule has 0 radical (unpaired) electrons. The van der Waals surface area contributed by atoms with Crippen molar-refractivity contribution in [1.82, 2.24) is 20.4 Å². The number of rotatable bonds is 6. The first-order valence-corrected chi connectivity index (χ1v) is 10.6. The fourth-order valence-corrected chi connectivity index (χ4v) is 4.13. The molecule has 1 aromatic heterocycles. The molecule has 2 aromatic carbocycles. The molecule has 2 heterocycles. The van der Waals surface area contributed by atoms with Crippen molar-refractivity contribution >= 4 is 22.8 Å². The van der Waals surface area contributed by atoms with Gasteiger partial charge in [-0.3, -0.25) is 9.69 Å². The molecule has 0 saturated carbocycles. The number of hydrogen-bond donors (Lipinski definition) is 1. The summed E-state index contributed by atoms with van der Waals surface area (Å²) in [7, 11) is 0. The predicted molar refractivity (Wildman–Crippen MR) is 117 cm³/mol. The number of aromatic nitrogens is 2. The Hall–Kier alpha value is -2.83. The largest absolute Gasteiger partial charge is 0.346 e. The van der Waals surface area contributed by atoms with Crippen molar-refractivity contribution in [2.75, 3.05) is 13.1 Å². The summed E-state index contributed by atoms with van der Waals surface area (Å²) in [6.45, 7) is 5.13.